The molecule has 2 aromatic carbocycles. The molecule has 0 saturated heterocycles. The summed E-state index contributed by atoms with van der Waals surface area (Å²) in [7, 11) is 0. The molecule has 0 atom stereocenters. The second kappa shape index (κ2) is 6.27. The Balaban J connectivity index is 1.84. The highest BCUT2D eigenvalue weighted by atomic mass is 35.5. The molecule has 2 aromatic rings. The minimum atomic E-state index is 0.561. The summed E-state index contributed by atoms with van der Waals surface area (Å²) in [5.74, 6) is 0.890. The monoisotopic (exact) mass is 258 g/mol. The van der Waals surface area contributed by atoms with E-state index in [0.717, 1.165) is 16.3 Å². The summed E-state index contributed by atoms with van der Waals surface area (Å²) in [5, 5.41) is 0.753. The molecule has 0 aliphatic rings. The summed E-state index contributed by atoms with van der Waals surface area (Å²) >= 11 is 5.82. The average molecular weight is 259 g/mol. The fraction of sp³-hybridized carbons (Fsp3) is 0.125. The van der Waals surface area contributed by atoms with Gasteiger partial charge in [0, 0.05) is 5.02 Å². The number of halogens is 1. The zero-order valence-electron chi connectivity index (χ0n) is 10.3. The molecule has 0 aliphatic carbocycles. The molecular weight excluding hydrogens is 244 g/mol. The summed E-state index contributed by atoms with van der Waals surface area (Å²) in [6, 6.07) is 15.7. The molecule has 18 heavy (non-hydrogen) atoms. The fourth-order valence-corrected chi connectivity index (χ4v) is 1.66. The van der Waals surface area contributed by atoms with Gasteiger partial charge < -0.3 is 4.74 Å². The summed E-state index contributed by atoms with van der Waals surface area (Å²) in [5.41, 5.74) is 2.35. The van der Waals surface area contributed by atoms with Crippen molar-refractivity contribution in [3.05, 3.63) is 70.8 Å². The maximum atomic E-state index is 5.82. The topological polar surface area (TPSA) is 9.23 Å². The molecule has 2 heteroatoms. The van der Waals surface area contributed by atoms with Crippen LogP contribution in [0.25, 0.3) is 6.08 Å². The molecule has 0 saturated carbocycles. The van der Waals surface area contributed by atoms with Crippen LogP contribution in [-0.4, -0.2) is 6.61 Å². The van der Waals surface area contributed by atoms with Crippen molar-refractivity contribution in [1.29, 1.82) is 0 Å². The van der Waals surface area contributed by atoms with Crippen molar-refractivity contribution in [2.75, 3.05) is 6.61 Å². The molecule has 0 fully saturated rings. The van der Waals surface area contributed by atoms with E-state index in [1.54, 1.807) is 0 Å². The van der Waals surface area contributed by atoms with Crippen LogP contribution in [0, 0.1) is 6.92 Å². The third-order valence-corrected chi connectivity index (χ3v) is 2.80. The summed E-state index contributed by atoms with van der Waals surface area (Å²) in [6.45, 7) is 2.62. The lowest BCUT2D eigenvalue weighted by molar-refractivity contribution is 0.363. The highest BCUT2D eigenvalue weighted by Gasteiger charge is 1.91. The molecule has 92 valence electrons. The summed E-state index contributed by atoms with van der Waals surface area (Å²) < 4.78 is 5.59. The second-order valence-electron chi connectivity index (χ2n) is 4.08. The van der Waals surface area contributed by atoms with E-state index in [9.17, 15) is 0 Å². The van der Waals surface area contributed by atoms with Gasteiger partial charge in [-0.25, -0.2) is 0 Å². The Morgan fingerprint density at radius 2 is 1.67 bits per heavy atom. The van der Waals surface area contributed by atoms with Crippen molar-refractivity contribution in [2.45, 2.75) is 6.92 Å². The van der Waals surface area contributed by atoms with E-state index in [-0.39, 0.29) is 0 Å². The quantitative estimate of drug-likeness (QED) is 0.770. The lowest BCUT2D eigenvalue weighted by Crippen LogP contribution is -1.92. The van der Waals surface area contributed by atoms with Gasteiger partial charge in [0.25, 0.3) is 0 Å². The van der Waals surface area contributed by atoms with Gasteiger partial charge in [-0.1, -0.05) is 47.5 Å². The lowest BCUT2D eigenvalue weighted by Gasteiger charge is -2.02. The van der Waals surface area contributed by atoms with E-state index in [4.69, 9.17) is 16.3 Å². The Morgan fingerprint density at radius 3 is 2.33 bits per heavy atom. The minimum absolute atomic E-state index is 0.561. The maximum Gasteiger partial charge on any atom is 0.119 e. The normalized spacial score (nSPS) is 10.8. The van der Waals surface area contributed by atoms with Crippen LogP contribution < -0.4 is 4.74 Å². The molecule has 2 rings (SSSR count). The third kappa shape index (κ3) is 3.94. The second-order valence-corrected chi connectivity index (χ2v) is 4.51. The summed E-state index contributed by atoms with van der Waals surface area (Å²) in [6.07, 6.45) is 4.01. The highest BCUT2D eigenvalue weighted by Crippen LogP contribution is 2.12. The predicted molar refractivity (Wildman–Crippen MR) is 77.2 cm³/mol. The fourth-order valence-electron chi connectivity index (χ4n) is 1.54. The van der Waals surface area contributed by atoms with E-state index in [1.165, 1.54) is 5.56 Å². The number of ether oxygens (including phenoxy) is 1. The van der Waals surface area contributed by atoms with Gasteiger partial charge in [0.2, 0.25) is 0 Å². The first-order chi connectivity index (χ1) is 8.74. The zero-order chi connectivity index (χ0) is 12.8. The van der Waals surface area contributed by atoms with Crippen LogP contribution in [0.2, 0.25) is 5.02 Å². The van der Waals surface area contributed by atoms with Gasteiger partial charge in [0.15, 0.2) is 0 Å². The van der Waals surface area contributed by atoms with E-state index < -0.39 is 0 Å². The molecule has 0 spiro atoms. The first kappa shape index (κ1) is 12.7. The predicted octanol–water partition coefficient (Wildman–Crippen LogP) is 4.74. The van der Waals surface area contributed by atoms with Gasteiger partial charge >= 0.3 is 0 Å². The Kier molecular flexibility index (Phi) is 4.43. The Morgan fingerprint density at radius 1 is 1.00 bits per heavy atom. The molecule has 0 amide bonds. The van der Waals surface area contributed by atoms with Crippen molar-refractivity contribution < 1.29 is 4.74 Å². The molecule has 0 N–H and O–H groups in total. The van der Waals surface area contributed by atoms with E-state index in [0.29, 0.717) is 6.61 Å². The Labute approximate surface area is 113 Å². The summed E-state index contributed by atoms with van der Waals surface area (Å²) in [4.78, 5) is 0. The Bertz CT molecular complexity index is 512. The van der Waals surface area contributed by atoms with Crippen molar-refractivity contribution in [2.24, 2.45) is 0 Å². The largest absolute Gasteiger partial charge is 0.490 e. The maximum absolute atomic E-state index is 5.82. The third-order valence-electron chi connectivity index (χ3n) is 2.55. The van der Waals surface area contributed by atoms with Crippen LogP contribution in [0.3, 0.4) is 0 Å². The van der Waals surface area contributed by atoms with Crippen LogP contribution in [0.4, 0.5) is 0 Å². The highest BCUT2D eigenvalue weighted by molar-refractivity contribution is 6.30. The van der Waals surface area contributed by atoms with Gasteiger partial charge in [-0.15, -0.1) is 0 Å². The average Bonchev–Trinajstić information content (AvgIpc) is 2.39. The van der Waals surface area contributed by atoms with Gasteiger partial charge in [-0.2, -0.15) is 0 Å². The molecule has 0 bridgehead atoms. The molecule has 0 aromatic heterocycles. The zero-order valence-corrected chi connectivity index (χ0v) is 11.0. The lowest BCUT2D eigenvalue weighted by atomic mass is 10.2. The number of aryl methyl sites for hydroxylation is 1. The van der Waals surface area contributed by atoms with Gasteiger partial charge in [-0.3, -0.25) is 0 Å². The first-order valence-corrected chi connectivity index (χ1v) is 6.23. The van der Waals surface area contributed by atoms with E-state index in [2.05, 4.69) is 6.92 Å². The van der Waals surface area contributed by atoms with Crippen LogP contribution in [0.1, 0.15) is 11.1 Å². The molecule has 1 nitrogen and oxygen atoms in total. The van der Waals surface area contributed by atoms with Crippen LogP contribution >= 0.6 is 11.6 Å². The van der Waals surface area contributed by atoms with Gasteiger partial charge in [0.1, 0.15) is 12.4 Å². The number of hydrogen-bond acceptors (Lipinski definition) is 1. The van der Waals surface area contributed by atoms with Crippen molar-refractivity contribution in [3.63, 3.8) is 0 Å². The van der Waals surface area contributed by atoms with Crippen molar-refractivity contribution in [3.8, 4) is 5.75 Å². The Hall–Kier alpha value is -1.73. The van der Waals surface area contributed by atoms with Crippen molar-refractivity contribution in [1.82, 2.24) is 0 Å². The number of rotatable bonds is 4. The molecule has 0 heterocycles. The van der Waals surface area contributed by atoms with Gasteiger partial charge in [-0.05, 0) is 42.8 Å². The van der Waals surface area contributed by atoms with Crippen LogP contribution in [-0.2, 0) is 0 Å². The first-order valence-electron chi connectivity index (χ1n) is 5.85. The number of benzene rings is 2. The van der Waals surface area contributed by atoms with Crippen LogP contribution in [0.5, 0.6) is 5.75 Å². The SMILES string of the molecule is Cc1ccc(OC/C=C/c2ccc(Cl)cc2)cc1. The standard InChI is InChI=1S/C16H15ClO/c1-13-4-10-16(11-5-13)18-12-2-3-14-6-8-15(17)9-7-14/h2-11H,12H2,1H3/b3-2+. The minimum Gasteiger partial charge on any atom is -0.490 e. The smallest absolute Gasteiger partial charge is 0.119 e. The van der Waals surface area contributed by atoms with E-state index >= 15 is 0 Å². The van der Waals surface area contributed by atoms with E-state index in [1.807, 2.05) is 60.7 Å². The molecule has 0 radical (unpaired) electrons. The number of hydrogen-bond donors (Lipinski definition) is 0. The molecule has 0 unspecified atom stereocenters. The molecule has 0 aliphatic heterocycles. The molecular formula is C16H15ClO. The van der Waals surface area contributed by atoms with Gasteiger partial charge in [0.05, 0.1) is 0 Å². The van der Waals surface area contributed by atoms with Crippen molar-refractivity contribution >= 4 is 17.7 Å². The van der Waals surface area contributed by atoms with Crippen LogP contribution in [0.15, 0.2) is 54.6 Å².